The van der Waals surface area contributed by atoms with E-state index in [-0.39, 0.29) is 0 Å². The molecule has 0 spiro atoms. The lowest BCUT2D eigenvalue weighted by molar-refractivity contribution is 0.483. The van der Waals surface area contributed by atoms with Gasteiger partial charge < -0.3 is 5.11 Å². The quantitative estimate of drug-likeness (QED) is 0.294. The Morgan fingerprint density at radius 1 is 0.448 bits per heavy atom. The molecule has 6 rings (SSSR count). The van der Waals surface area contributed by atoms with Gasteiger partial charge in [-0.25, -0.2) is 0 Å². The predicted octanol–water partition coefficient (Wildman–Crippen LogP) is 7.67. The largest absolute Gasteiger partial charge is 0.507 e. The molecule has 0 fully saturated rings. The van der Waals surface area contributed by atoms with E-state index in [1.807, 2.05) is 18.2 Å². The lowest BCUT2D eigenvalue weighted by atomic mass is 9.92. The lowest BCUT2D eigenvalue weighted by Gasteiger charge is -2.12. The molecule has 0 radical (unpaired) electrons. The Morgan fingerprint density at radius 2 is 1.14 bits per heavy atom. The summed E-state index contributed by atoms with van der Waals surface area (Å²) in [5.41, 5.74) is 2.42. The van der Waals surface area contributed by atoms with E-state index in [0.717, 1.165) is 32.3 Å². The number of hydrogen-bond donors (Lipinski definition) is 1. The molecule has 1 heteroatoms. The van der Waals surface area contributed by atoms with E-state index in [0.29, 0.717) is 5.75 Å². The Kier molecular flexibility index (Phi) is 3.39. The maximum Gasteiger partial charge on any atom is 0.124 e. The van der Waals surface area contributed by atoms with Crippen molar-refractivity contribution < 1.29 is 5.11 Å². The molecular formula is C28H18O. The predicted molar refractivity (Wildman–Crippen MR) is 124 cm³/mol. The summed E-state index contributed by atoms with van der Waals surface area (Å²) in [7, 11) is 0. The zero-order chi connectivity index (χ0) is 19.4. The van der Waals surface area contributed by atoms with Crippen LogP contribution in [0.1, 0.15) is 0 Å². The topological polar surface area (TPSA) is 20.2 Å². The molecule has 0 saturated heterocycles. The SMILES string of the molecule is Oc1cc2ccc(-c3cccc4ccccc34)cc2c2ccc3ccccc3c12. The standard InChI is InChI=1S/C28H18O/c29-27-17-21-13-12-20(23-11-5-8-18-6-1-3-9-22(18)23)16-26(21)25-15-14-19-7-2-4-10-24(19)28(25)27/h1-17,29H. The van der Waals surface area contributed by atoms with E-state index < -0.39 is 0 Å². The lowest BCUT2D eigenvalue weighted by Crippen LogP contribution is -1.85. The minimum absolute atomic E-state index is 0.335. The second kappa shape index (κ2) is 6.08. The molecule has 0 aliphatic carbocycles. The van der Waals surface area contributed by atoms with Gasteiger partial charge in [-0.05, 0) is 61.0 Å². The maximum absolute atomic E-state index is 10.8. The molecule has 0 bridgehead atoms. The average Bonchev–Trinajstić information content (AvgIpc) is 2.78. The highest BCUT2D eigenvalue weighted by Crippen LogP contribution is 2.39. The van der Waals surface area contributed by atoms with Gasteiger partial charge in [-0.2, -0.15) is 0 Å². The first-order chi connectivity index (χ1) is 14.3. The maximum atomic E-state index is 10.8. The van der Waals surface area contributed by atoms with Gasteiger partial charge in [-0.1, -0.05) is 91.0 Å². The molecule has 0 unspecified atom stereocenters. The molecular weight excluding hydrogens is 352 g/mol. The van der Waals surface area contributed by atoms with Crippen LogP contribution >= 0.6 is 0 Å². The minimum Gasteiger partial charge on any atom is -0.507 e. The van der Waals surface area contributed by atoms with Gasteiger partial charge in [0.15, 0.2) is 0 Å². The second-order valence-electron chi connectivity index (χ2n) is 7.57. The molecule has 0 aliphatic rings. The highest BCUT2D eigenvalue weighted by Gasteiger charge is 2.11. The van der Waals surface area contributed by atoms with Crippen molar-refractivity contribution in [3.8, 4) is 16.9 Å². The third kappa shape index (κ3) is 2.41. The van der Waals surface area contributed by atoms with Gasteiger partial charge in [0.2, 0.25) is 0 Å². The van der Waals surface area contributed by atoms with E-state index in [1.165, 1.54) is 21.9 Å². The monoisotopic (exact) mass is 370 g/mol. The summed E-state index contributed by atoms with van der Waals surface area (Å²) in [5, 5.41) is 19.7. The van der Waals surface area contributed by atoms with Crippen molar-refractivity contribution in [2.75, 3.05) is 0 Å². The number of fused-ring (bicyclic) bond motifs is 6. The first-order valence-corrected chi connectivity index (χ1v) is 9.85. The Hall–Kier alpha value is -3.84. The summed E-state index contributed by atoms with van der Waals surface area (Å²) in [6, 6.07) is 35.9. The summed E-state index contributed by atoms with van der Waals surface area (Å²) in [6.45, 7) is 0. The molecule has 0 saturated carbocycles. The fraction of sp³-hybridized carbons (Fsp3) is 0. The van der Waals surface area contributed by atoms with E-state index in [1.54, 1.807) is 0 Å². The molecule has 0 atom stereocenters. The van der Waals surface area contributed by atoms with Crippen molar-refractivity contribution in [3.05, 3.63) is 103 Å². The van der Waals surface area contributed by atoms with Crippen LogP contribution in [0, 0.1) is 0 Å². The minimum atomic E-state index is 0.335. The van der Waals surface area contributed by atoms with Crippen LogP contribution in [0.3, 0.4) is 0 Å². The van der Waals surface area contributed by atoms with Gasteiger partial charge in [0, 0.05) is 5.39 Å². The number of aromatic hydroxyl groups is 1. The van der Waals surface area contributed by atoms with Crippen LogP contribution in [-0.2, 0) is 0 Å². The van der Waals surface area contributed by atoms with Crippen LogP contribution in [0.5, 0.6) is 5.75 Å². The van der Waals surface area contributed by atoms with E-state index in [9.17, 15) is 5.11 Å². The first-order valence-electron chi connectivity index (χ1n) is 9.85. The Balaban J connectivity index is 1.72. The van der Waals surface area contributed by atoms with Crippen LogP contribution in [0.2, 0.25) is 0 Å². The fourth-order valence-corrected chi connectivity index (χ4v) is 4.55. The molecule has 6 aromatic rings. The third-order valence-corrected chi connectivity index (χ3v) is 5.92. The van der Waals surface area contributed by atoms with Gasteiger partial charge in [0.05, 0.1) is 0 Å². The Morgan fingerprint density at radius 3 is 2.00 bits per heavy atom. The average molecular weight is 370 g/mol. The number of rotatable bonds is 1. The van der Waals surface area contributed by atoms with Gasteiger partial charge in [-0.15, -0.1) is 0 Å². The molecule has 136 valence electrons. The molecule has 0 aromatic heterocycles. The summed E-state index contributed by atoms with van der Waals surface area (Å²) in [6.07, 6.45) is 0. The van der Waals surface area contributed by atoms with Crippen LogP contribution in [0.15, 0.2) is 103 Å². The van der Waals surface area contributed by atoms with Crippen molar-refractivity contribution in [2.24, 2.45) is 0 Å². The van der Waals surface area contributed by atoms with Crippen molar-refractivity contribution in [3.63, 3.8) is 0 Å². The van der Waals surface area contributed by atoms with E-state index in [2.05, 4.69) is 84.9 Å². The van der Waals surface area contributed by atoms with Gasteiger partial charge in [-0.3, -0.25) is 0 Å². The highest BCUT2D eigenvalue weighted by molar-refractivity contribution is 6.20. The zero-order valence-electron chi connectivity index (χ0n) is 15.8. The smallest absolute Gasteiger partial charge is 0.124 e. The molecule has 29 heavy (non-hydrogen) atoms. The highest BCUT2D eigenvalue weighted by atomic mass is 16.3. The fourth-order valence-electron chi connectivity index (χ4n) is 4.55. The second-order valence-corrected chi connectivity index (χ2v) is 7.57. The summed E-state index contributed by atoms with van der Waals surface area (Å²) in [5.74, 6) is 0.335. The van der Waals surface area contributed by atoms with Crippen LogP contribution in [0.25, 0.3) is 54.2 Å². The van der Waals surface area contributed by atoms with Crippen molar-refractivity contribution in [2.45, 2.75) is 0 Å². The molecule has 1 N–H and O–H groups in total. The molecule has 0 amide bonds. The molecule has 1 nitrogen and oxygen atoms in total. The summed E-state index contributed by atoms with van der Waals surface area (Å²) < 4.78 is 0. The van der Waals surface area contributed by atoms with Crippen molar-refractivity contribution in [1.29, 1.82) is 0 Å². The van der Waals surface area contributed by atoms with Crippen LogP contribution < -0.4 is 0 Å². The number of hydrogen-bond acceptors (Lipinski definition) is 1. The van der Waals surface area contributed by atoms with Gasteiger partial charge in [0.25, 0.3) is 0 Å². The molecule has 0 aliphatic heterocycles. The van der Waals surface area contributed by atoms with E-state index in [4.69, 9.17) is 0 Å². The number of phenolic OH excluding ortho intramolecular Hbond substituents is 1. The van der Waals surface area contributed by atoms with Crippen LogP contribution in [0.4, 0.5) is 0 Å². The number of benzene rings is 6. The van der Waals surface area contributed by atoms with Crippen molar-refractivity contribution in [1.82, 2.24) is 0 Å². The van der Waals surface area contributed by atoms with Gasteiger partial charge >= 0.3 is 0 Å². The normalized spacial score (nSPS) is 11.6. The summed E-state index contributed by atoms with van der Waals surface area (Å²) in [4.78, 5) is 0. The molecule has 6 aromatic carbocycles. The first kappa shape index (κ1) is 16.1. The van der Waals surface area contributed by atoms with Gasteiger partial charge in [0.1, 0.15) is 5.75 Å². The number of phenols is 1. The Labute approximate surface area is 168 Å². The Bertz CT molecular complexity index is 1550. The third-order valence-electron chi connectivity index (χ3n) is 5.92. The van der Waals surface area contributed by atoms with Crippen LogP contribution in [-0.4, -0.2) is 5.11 Å². The van der Waals surface area contributed by atoms with E-state index >= 15 is 0 Å². The summed E-state index contributed by atoms with van der Waals surface area (Å²) >= 11 is 0. The molecule has 0 heterocycles. The zero-order valence-corrected chi connectivity index (χ0v) is 15.8. The van der Waals surface area contributed by atoms with Crippen molar-refractivity contribution >= 4 is 43.1 Å².